The van der Waals surface area contributed by atoms with Gasteiger partial charge in [0.2, 0.25) is 0 Å². The SMILES string of the molecule is O=C(NCC(F)(F)F)Nc1ccc(F)c(Cl)c1. The lowest BCUT2D eigenvalue weighted by Crippen LogP contribution is -2.36. The fourth-order valence-electron chi connectivity index (χ4n) is 0.930. The molecule has 0 bridgehead atoms. The van der Waals surface area contributed by atoms with Crippen molar-refractivity contribution in [2.45, 2.75) is 6.18 Å². The van der Waals surface area contributed by atoms with Crippen LogP contribution in [0.25, 0.3) is 0 Å². The Bertz CT molecular complexity index is 422. The zero-order valence-electron chi connectivity index (χ0n) is 8.24. The van der Waals surface area contributed by atoms with Gasteiger partial charge in [0, 0.05) is 5.69 Å². The molecule has 0 saturated heterocycles. The van der Waals surface area contributed by atoms with Crippen molar-refractivity contribution in [2.24, 2.45) is 0 Å². The summed E-state index contributed by atoms with van der Waals surface area (Å²) >= 11 is 5.42. The quantitative estimate of drug-likeness (QED) is 0.796. The molecule has 0 spiro atoms. The first-order valence-corrected chi connectivity index (χ1v) is 4.72. The van der Waals surface area contributed by atoms with Crippen LogP contribution in [-0.4, -0.2) is 18.8 Å². The monoisotopic (exact) mass is 270 g/mol. The molecule has 0 aromatic heterocycles. The number of urea groups is 1. The lowest BCUT2D eigenvalue weighted by Gasteiger charge is -2.09. The number of hydrogen-bond donors (Lipinski definition) is 2. The van der Waals surface area contributed by atoms with Gasteiger partial charge in [0.15, 0.2) is 0 Å². The number of carbonyl (C=O) groups is 1. The Balaban J connectivity index is 2.54. The molecule has 0 aliphatic carbocycles. The molecule has 0 aliphatic heterocycles. The van der Waals surface area contributed by atoms with Crippen LogP contribution in [0.4, 0.5) is 28.0 Å². The van der Waals surface area contributed by atoms with Gasteiger partial charge in [-0.3, -0.25) is 0 Å². The van der Waals surface area contributed by atoms with Gasteiger partial charge in [-0.2, -0.15) is 13.2 Å². The van der Waals surface area contributed by atoms with Crippen molar-refractivity contribution < 1.29 is 22.4 Å². The first-order valence-electron chi connectivity index (χ1n) is 4.34. The molecular weight excluding hydrogens is 264 g/mol. The summed E-state index contributed by atoms with van der Waals surface area (Å²) in [5.41, 5.74) is 0.0936. The van der Waals surface area contributed by atoms with Gasteiger partial charge in [0.1, 0.15) is 12.4 Å². The second-order valence-corrected chi connectivity index (χ2v) is 3.46. The van der Waals surface area contributed by atoms with Gasteiger partial charge in [-0.05, 0) is 18.2 Å². The topological polar surface area (TPSA) is 41.1 Å². The Hall–Kier alpha value is -1.50. The molecular formula is C9H7ClF4N2O. The van der Waals surface area contributed by atoms with Crippen molar-refractivity contribution in [1.29, 1.82) is 0 Å². The van der Waals surface area contributed by atoms with Crippen molar-refractivity contribution in [3.8, 4) is 0 Å². The molecule has 1 rings (SSSR count). The molecule has 0 saturated carbocycles. The highest BCUT2D eigenvalue weighted by atomic mass is 35.5. The average Bonchev–Trinajstić information content (AvgIpc) is 2.20. The molecule has 0 aliphatic rings. The minimum Gasteiger partial charge on any atom is -0.329 e. The van der Waals surface area contributed by atoms with Crippen molar-refractivity contribution in [2.75, 3.05) is 11.9 Å². The van der Waals surface area contributed by atoms with E-state index in [1.165, 1.54) is 6.07 Å². The number of alkyl halides is 3. The summed E-state index contributed by atoms with van der Waals surface area (Å²) in [5.74, 6) is -0.687. The number of benzene rings is 1. The summed E-state index contributed by atoms with van der Waals surface area (Å²) in [6.45, 7) is -1.45. The minimum absolute atomic E-state index is 0.0936. The fraction of sp³-hybridized carbons (Fsp3) is 0.222. The Kier molecular flexibility index (Phi) is 4.17. The van der Waals surface area contributed by atoms with Crippen molar-refractivity contribution in [3.63, 3.8) is 0 Å². The van der Waals surface area contributed by atoms with E-state index in [-0.39, 0.29) is 10.7 Å². The maximum absolute atomic E-state index is 12.7. The zero-order valence-corrected chi connectivity index (χ0v) is 8.99. The van der Waals surface area contributed by atoms with Crippen LogP contribution in [0.15, 0.2) is 18.2 Å². The van der Waals surface area contributed by atoms with E-state index in [0.717, 1.165) is 12.1 Å². The van der Waals surface area contributed by atoms with Crippen molar-refractivity contribution >= 4 is 23.3 Å². The third kappa shape index (κ3) is 4.90. The van der Waals surface area contributed by atoms with Gasteiger partial charge in [0.05, 0.1) is 5.02 Å². The molecule has 0 fully saturated rings. The maximum Gasteiger partial charge on any atom is 0.405 e. The molecule has 3 nitrogen and oxygen atoms in total. The Morgan fingerprint density at radius 1 is 1.35 bits per heavy atom. The Labute approximate surface area is 98.8 Å². The van der Waals surface area contributed by atoms with E-state index in [0.29, 0.717) is 0 Å². The molecule has 8 heteroatoms. The predicted octanol–water partition coefficient (Wildman–Crippen LogP) is 3.16. The van der Waals surface area contributed by atoms with E-state index in [2.05, 4.69) is 5.32 Å². The number of anilines is 1. The van der Waals surface area contributed by atoms with E-state index >= 15 is 0 Å². The van der Waals surface area contributed by atoms with Crippen LogP contribution in [0, 0.1) is 5.82 Å². The summed E-state index contributed by atoms with van der Waals surface area (Å²) in [7, 11) is 0. The van der Waals surface area contributed by atoms with Gasteiger partial charge < -0.3 is 10.6 Å². The van der Waals surface area contributed by atoms with Crippen LogP contribution in [0.3, 0.4) is 0 Å². The number of halogens is 5. The molecule has 2 amide bonds. The molecule has 1 aromatic rings. The van der Waals surface area contributed by atoms with Crippen LogP contribution in [-0.2, 0) is 0 Å². The van der Waals surface area contributed by atoms with Crippen molar-refractivity contribution in [1.82, 2.24) is 5.32 Å². The lowest BCUT2D eigenvalue weighted by atomic mass is 10.3. The molecule has 2 N–H and O–H groups in total. The normalized spacial score (nSPS) is 11.1. The average molecular weight is 271 g/mol. The molecule has 1 aromatic carbocycles. The van der Waals surface area contributed by atoms with E-state index in [4.69, 9.17) is 11.6 Å². The molecule has 0 unspecified atom stereocenters. The maximum atomic E-state index is 12.7. The molecule has 0 atom stereocenters. The minimum atomic E-state index is -4.49. The van der Waals surface area contributed by atoms with Gasteiger partial charge in [0.25, 0.3) is 0 Å². The van der Waals surface area contributed by atoms with Crippen molar-refractivity contribution in [3.05, 3.63) is 29.0 Å². The van der Waals surface area contributed by atoms with E-state index in [1.807, 2.05) is 0 Å². The molecule has 0 radical (unpaired) electrons. The van der Waals surface area contributed by atoms with Crippen LogP contribution in [0.1, 0.15) is 0 Å². The largest absolute Gasteiger partial charge is 0.405 e. The number of rotatable bonds is 2. The van der Waals surface area contributed by atoms with Crippen LogP contribution >= 0.6 is 11.6 Å². The number of hydrogen-bond acceptors (Lipinski definition) is 1. The first-order chi connectivity index (χ1) is 7.78. The van der Waals surface area contributed by atoms with Gasteiger partial charge in [-0.1, -0.05) is 11.6 Å². The van der Waals surface area contributed by atoms with Gasteiger partial charge in [-0.15, -0.1) is 0 Å². The third-order valence-corrected chi connectivity index (χ3v) is 1.92. The number of amides is 2. The first kappa shape index (κ1) is 13.6. The molecule has 0 heterocycles. The molecule has 17 heavy (non-hydrogen) atoms. The van der Waals surface area contributed by atoms with Crippen LogP contribution in [0.5, 0.6) is 0 Å². The van der Waals surface area contributed by atoms with Crippen LogP contribution in [0.2, 0.25) is 5.02 Å². The Morgan fingerprint density at radius 2 is 2.00 bits per heavy atom. The second kappa shape index (κ2) is 5.22. The number of nitrogens with one attached hydrogen (secondary N) is 2. The predicted molar refractivity (Wildman–Crippen MR) is 54.5 cm³/mol. The highest BCUT2D eigenvalue weighted by Gasteiger charge is 2.27. The fourth-order valence-corrected chi connectivity index (χ4v) is 1.11. The van der Waals surface area contributed by atoms with E-state index < -0.39 is 24.6 Å². The summed E-state index contributed by atoms with van der Waals surface area (Å²) in [5, 5.41) is 3.44. The van der Waals surface area contributed by atoms with E-state index in [1.54, 1.807) is 5.32 Å². The molecule has 94 valence electrons. The smallest absolute Gasteiger partial charge is 0.329 e. The summed E-state index contributed by atoms with van der Waals surface area (Å²) in [4.78, 5) is 11.0. The highest BCUT2D eigenvalue weighted by molar-refractivity contribution is 6.31. The van der Waals surface area contributed by atoms with Crippen LogP contribution < -0.4 is 10.6 Å². The Morgan fingerprint density at radius 3 is 2.53 bits per heavy atom. The lowest BCUT2D eigenvalue weighted by molar-refractivity contribution is -0.122. The summed E-state index contributed by atoms with van der Waals surface area (Å²) in [6, 6.07) is 2.20. The zero-order chi connectivity index (χ0) is 13.1. The highest BCUT2D eigenvalue weighted by Crippen LogP contribution is 2.19. The summed E-state index contributed by atoms with van der Waals surface area (Å²) in [6.07, 6.45) is -4.49. The van der Waals surface area contributed by atoms with Gasteiger partial charge >= 0.3 is 12.2 Å². The van der Waals surface area contributed by atoms with Gasteiger partial charge in [-0.25, -0.2) is 9.18 Å². The standard InChI is InChI=1S/C9H7ClF4N2O/c10-6-3-5(1-2-7(6)11)16-8(17)15-4-9(12,13)14/h1-3H,4H2,(H2,15,16,17). The number of carbonyl (C=O) groups excluding carboxylic acids is 1. The third-order valence-electron chi connectivity index (χ3n) is 1.63. The summed E-state index contributed by atoms with van der Waals surface area (Å²) < 4.78 is 48.0. The second-order valence-electron chi connectivity index (χ2n) is 3.05. The van der Waals surface area contributed by atoms with E-state index in [9.17, 15) is 22.4 Å².